The summed E-state index contributed by atoms with van der Waals surface area (Å²) in [6, 6.07) is 0. The van der Waals surface area contributed by atoms with E-state index in [-0.39, 0.29) is 18.1 Å². The minimum Gasteiger partial charge on any atom is -0.394 e. The van der Waals surface area contributed by atoms with Crippen LogP contribution in [0.5, 0.6) is 0 Å². The number of aliphatic hydroxyl groups is 1. The Morgan fingerprint density at radius 2 is 2.17 bits per heavy atom. The maximum atomic E-state index is 11.4. The average molecular weight is 172 g/mol. The van der Waals surface area contributed by atoms with Crippen LogP contribution in [-0.4, -0.2) is 46.8 Å². The molecule has 0 bridgehead atoms. The highest BCUT2D eigenvalue weighted by atomic mass is 16.3. The summed E-state index contributed by atoms with van der Waals surface area (Å²) in [6.07, 6.45) is 0.531. The normalized spacial score (nSPS) is 23.7. The molecule has 1 aliphatic heterocycles. The molecule has 0 aromatic heterocycles. The van der Waals surface area contributed by atoms with Crippen LogP contribution < -0.4 is 0 Å². The number of aliphatic hydroxyl groups excluding tert-OH is 1. The highest BCUT2D eigenvalue weighted by molar-refractivity contribution is 5.79. The van der Waals surface area contributed by atoms with Gasteiger partial charge in [-0.05, 0) is 13.8 Å². The lowest BCUT2D eigenvalue weighted by Gasteiger charge is -2.32. The van der Waals surface area contributed by atoms with Crippen molar-refractivity contribution >= 4 is 5.91 Å². The summed E-state index contributed by atoms with van der Waals surface area (Å²) < 4.78 is 0. The summed E-state index contributed by atoms with van der Waals surface area (Å²) in [7, 11) is 1.88. The van der Waals surface area contributed by atoms with Gasteiger partial charge in [0, 0.05) is 19.0 Å². The van der Waals surface area contributed by atoms with Gasteiger partial charge in [-0.25, -0.2) is 5.01 Å². The van der Waals surface area contributed by atoms with E-state index in [1.807, 2.05) is 25.9 Å². The Balaban J connectivity index is 2.71. The second-order valence-electron chi connectivity index (χ2n) is 3.75. The highest BCUT2D eigenvalue weighted by Gasteiger charge is 2.40. The zero-order chi connectivity index (χ0) is 9.35. The Bertz CT molecular complexity index is 191. The molecule has 1 heterocycles. The lowest BCUT2D eigenvalue weighted by molar-refractivity contribution is -0.139. The molecule has 1 amide bonds. The van der Waals surface area contributed by atoms with E-state index < -0.39 is 0 Å². The van der Waals surface area contributed by atoms with Gasteiger partial charge in [0.15, 0.2) is 0 Å². The summed E-state index contributed by atoms with van der Waals surface area (Å²) in [5, 5.41) is 12.2. The van der Waals surface area contributed by atoms with E-state index >= 15 is 0 Å². The quantitative estimate of drug-likeness (QED) is 0.629. The Labute approximate surface area is 72.7 Å². The molecule has 1 rings (SSSR count). The van der Waals surface area contributed by atoms with Crippen molar-refractivity contribution in [2.24, 2.45) is 0 Å². The molecule has 1 aliphatic rings. The number of rotatable bonds is 2. The SMILES string of the molecule is CN1N(CCO)C(=O)CC1(C)C. The molecule has 4 heteroatoms. The lowest BCUT2D eigenvalue weighted by Crippen LogP contribution is -2.45. The molecule has 4 nitrogen and oxygen atoms in total. The third-order valence-corrected chi connectivity index (χ3v) is 2.42. The first-order valence-corrected chi connectivity index (χ1v) is 4.14. The fourth-order valence-corrected chi connectivity index (χ4v) is 1.44. The number of hydrazine groups is 1. The number of β-amino-alcohol motifs (C(OH)–C–C–N with tert-alkyl or cyclic N) is 1. The zero-order valence-corrected chi connectivity index (χ0v) is 7.87. The van der Waals surface area contributed by atoms with Gasteiger partial charge in [0.1, 0.15) is 0 Å². The van der Waals surface area contributed by atoms with E-state index in [1.54, 1.807) is 5.01 Å². The van der Waals surface area contributed by atoms with Crippen LogP contribution in [0.15, 0.2) is 0 Å². The second kappa shape index (κ2) is 3.03. The zero-order valence-electron chi connectivity index (χ0n) is 7.87. The molecule has 0 aromatic rings. The van der Waals surface area contributed by atoms with E-state index in [9.17, 15) is 4.79 Å². The minimum absolute atomic E-state index is 0.0200. The van der Waals surface area contributed by atoms with Crippen LogP contribution in [0.1, 0.15) is 20.3 Å². The van der Waals surface area contributed by atoms with Crippen LogP contribution in [-0.2, 0) is 4.79 Å². The van der Waals surface area contributed by atoms with Gasteiger partial charge < -0.3 is 5.11 Å². The van der Waals surface area contributed by atoms with Gasteiger partial charge in [-0.2, -0.15) is 0 Å². The van der Waals surface area contributed by atoms with Crippen molar-refractivity contribution in [1.29, 1.82) is 0 Å². The fourth-order valence-electron chi connectivity index (χ4n) is 1.44. The third-order valence-electron chi connectivity index (χ3n) is 2.42. The first-order valence-electron chi connectivity index (χ1n) is 4.14. The second-order valence-corrected chi connectivity index (χ2v) is 3.75. The predicted octanol–water partition coefficient (Wildman–Crippen LogP) is -0.164. The van der Waals surface area contributed by atoms with Gasteiger partial charge in [-0.1, -0.05) is 0 Å². The molecule has 0 unspecified atom stereocenters. The van der Waals surface area contributed by atoms with Crippen LogP contribution in [0, 0.1) is 0 Å². The van der Waals surface area contributed by atoms with E-state index in [2.05, 4.69) is 0 Å². The van der Waals surface area contributed by atoms with E-state index in [1.165, 1.54) is 0 Å². The first kappa shape index (κ1) is 9.48. The highest BCUT2D eigenvalue weighted by Crippen LogP contribution is 2.27. The summed E-state index contributed by atoms with van der Waals surface area (Å²) >= 11 is 0. The van der Waals surface area contributed by atoms with Crippen LogP contribution in [0.2, 0.25) is 0 Å². The number of carbonyl (C=O) groups excluding carboxylic acids is 1. The monoisotopic (exact) mass is 172 g/mol. The van der Waals surface area contributed by atoms with E-state index in [0.717, 1.165) is 0 Å². The smallest absolute Gasteiger partial charge is 0.238 e. The third kappa shape index (κ3) is 1.44. The summed E-state index contributed by atoms with van der Waals surface area (Å²) in [5.41, 5.74) is -0.105. The first-order chi connectivity index (χ1) is 5.49. The topological polar surface area (TPSA) is 43.8 Å². The molecule has 1 N–H and O–H groups in total. The number of carbonyl (C=O) groups is 1. The Morgan fingerprint density at radius 1 is 1.58 bits per heavy atom. The largest absolute Gasteiger partial charge is 0.394 e. The van der Waals surface area contributed by atoms with Crippen molar-refractivity contribution in [2.45, 2.75) is 25.8 Å². The van der Waals surface area contributed by atoms with Crippen molar-refractivity contribution in [1.82, 2.24) is 10.0 Å². The van der Waals surface area contributed by atoms with Crippen LogP contribution in [0.25, 0.3) is 0 Å². The predicted molar refractivity (Wildman–Crippen MR) is 45.3 cm³/mol. The standard InChI is InChI=1S/C8H16N2O2/c1-8(2)6-7(12)10(4-5-11)9(8)3/h11H,4-6H2,1-3H3. The molecule has 0 atom stereocenters. The average Bonchev–Trinajstić information content (AvgIpc) is 2.13. The molecule has 0 saturated carbocycles. The maximum absolute atomic E-state index is 11.4. The lowest BCUT2D eigenvalue weighted by atomic mass is 10.0. The van der Waals surface area contributed by atoms with Gasteiger partial charge in [-0.15, -0.1) is 0 Å². The van der Waals surface area contributed by atoms with Crippen LogP contribution in [0.3, 0.4) is 0 Å². The van der Waals surface area contributed by atoms with Crippen LogP contribution in [0.4, 0.5) is 0 Å². The van der Waals surface area contributed by atoms with Gasteiger partial charge in [0.2, 0.25) is 5.91 Å². The Hall–Kier alpha value is -0.610. The fraction of sp³-hybridized carbons (Fsp3) is 0.875. The Morgan fingerprint density at radius 3 is 2.50 bits per heavy atom. The van der Waals surface area contributed by atoms with Gasteiger partial charge in [0.05, 0.1) is 13.2 Å². The summed E-state index contributed by atoms with van der Waals surface area (Å²) in [4.78, 5) is 11.4. The van der Waals surface area contributed by atoms with Crippen molar-refractivity contribution in [2.75, 3.05) is 20.2 Å². The van der Waals surface area contributed by atoms with E-state index in [0.29, 0.717) is 13.0 Å². The molecule has 70 valence electrons. The van der Waals surface area contributed by atoms with Gasteiger partial charge >= 0.3 is 0 Å². The number of hydrogen-bond donors (Lipinski definition) is 1. The summed E-state index contributed by atoms with van der Waals surface area (Å²) in [5.74, 6) is 0.0940. The van der Waals surface area contributed by atoms with Crippen molar-refractivity contribution in [3.63, 3.8) is 0 Å². The molecule has 12 heavy (non-hydrogen) atoms. The van der Waals surface area contributed by atoms with Gasteiger partial charge in [0.25, 0.3) is 0 Å². The van der Waals surface area contributed by atoms with Gasteiger partial charge in [-0.3, -0.25) is 9.80 Å². The van der Waals surface area contributed by atoms with E-state index in [4.69, 9.17) is 5.11 Å². The van der Waals surface area contributed by atoms with Crippen LogP contribution >= 0.6 is 0 Å². The molecule has 0 aliphatic carbocycles. The number of amides is 1. The molecule has 0 radical (unpaired) electrons. The summed E-state index contributed by atoms with van der Waals surface area (Å²) in [6.45, 7) is 4.45. The number of hydrogen-bond acceptors (Lipinski definition) is 3. The maximum Gasteiger partial charge on any atom is 0.238 e. The molecule has 0 aromatic carbocycles. The molecule has 1 fully saturated rings. The Kier molecular flexibility index (Phi) is 2.39. The minimum atomic E-state index is -0.105. The van der Waals surface area contributed by atoms with Crippen molar-refractivity contribution in [3.8, 4) is 0 Å². The van der Waals surface area contributed by atoms with Crippen molar-refractivity contribution < 1.29 is 9.90 Å². The molecular weight excluding hydrogens is 156 g/mol. The van der Waals surface area contributed by atoms with Crippen molar-refractivity contribution in [3.05, 3.63) is 0 Å². The molecule has 1 saturated heterocycles. The molecular formula is C8H16N2O2. The molecule has 0 spiro atoms. The number of nitrogens with zero attached hydrogens (tertiary/aromatic N) is 2.